The summed E-state index contributed by atoms with van der Waals surface area (Å²) < 4.78 is 13.4. The largest absolute Gasteiger partial charge is 0.377 e. The van der Waals surface area contributed by atoms with E-state index in [0.717, 1.165) is 27.8 Å². The molecule has 1 aromatic carbocycles. The van der Waals surface area contributed by atoms with Gasteiger partial charge >= 0.3 is 0 Å². The van der Waals surface area contributed by atoms with E-state index >= 15 is 0 Å². The fraction of sp³-hybridized carbons (Fsp3) is 0.357. The summed E-state index contributed by atoms with van der Waals surface area (Å²) in [6, 6.07) is 4.73. The Morgan fingerprint density at radius 2 is 2.06 bits per heavy atom. The number of nitrogens with zero attached hydrogens (tertiary/aromatic N) is 2. The van der Waals surface area contributed by atoms with Gasteiger partial charge in [-0.25, -0.2) is 4.39 Å². The molecule has 1 heterocycles. The van der Waals surface area contributed by atoms with Crippen molar-refractivity contribution >= 4 is 16.6 Å². The molecule has 3 nitrogen and oxygen atoms in total. The van der Waals surface area contributed by atoms with Crippen molar-refractivity contribution in [3.8, 4) is 0 Å². The zero-order valence-corrected chi connectivity index (χ0v) is 11.2. The standard InChI is InChI=1S/C14H18FN3/c1-9-13(8-16-2)17-12-6-5-10(15)7-11(12)14(9)18(3)4/h5-7,16H,8H2,1-4H3. The normalized spacial score (nSPS) is 10.9. The number of hydrogen-bond donors (Lipinski definition) is 1. The monoisotopic (exact) mass is 247 g/mol. The number of hydrogen-bond acceptors (Lipinski definition) is 3. The molecule has 0 aliphatic heterocycles. The van der Waals surface area contributed by atoms with Crippen LogP contribution in [0, 0.1) is 12.7 Å². The van der Waals surface area contributed by atoms with Crippen LogP contribution in [-0.4, -0.2) is 26.1 Å². The molecule has 0 unspecified atom stereocenters. The molecule has 2 rings (SSSR count). The maximum atomic E-state index is 13.4. The molecule has 0 atom stereocenters. The van der Waals surface area contributed by atoms with Crippen molar-refractivity contribution in [1.29, 1.82) is 0 Å². The Hall–Kier alpha value is -1.68. The van der Waals surface area contributed by atoms with Gasteiger partial charge < -0.3 is 10.2 Å². The summed E-state index contributed by atoms with van der Waals surface area (Å²) in [5.74, 6) is -0.229. The molecule has 0 aliphatic rings. The smallest absolute Gasteiger partial charge is 0.124 e. The third-order valence-corrected chi connectivity index (χ3v) is 3.05. The van der Waals surface area contributed by atoms with Gasteiger partial charge in [0.25, 0.3) is 0 Å². The molecule has 96 valence electrons. The minimum Gasteiger partial charge on any atom is -0.377 e. The van der Waals surface area contributed by atoms with E-state index in [1.165, 1.54) is 6.07 Å². The highest BCUT2D eigenvalue weighted by molar-refractivity contribution is 5.93. The van der Waals surface area contributed by atoms with Gasteiger partial charge in [0.1, 0.15) is 5.82 Å². The van der Waals surface area contributed by atoms with Crippen molar-refractivity contribution in [1.82, 2.24) is 10.3 Å². The van der Waals surface area contributed by atoms with Crippen molar-refractivity contribution in [2.45, 2.75) is 13.5 Å². The number of fused-ring (bicyclic) bond motifs is 1. The first-order chi connectivity index (χ1) is 8.54. The number of halogens is 1. The molecular weight excluding hydrogens is 229 g/mol. The second-order valence-electron chi connectivity index (χ2n) is 4.62. The molecule has 0 bridgehead atoms. The Balaban J connectivity index is 2.79. The van der Waals surface area contributed by atoms with Crippen LogP contribution in [0.3, 0.4) is 0 Å². The molecule has 0 fully saturated rings. The molecule has 0 aliphatic carbocycles. The minimum atomic E-state index is -0.229. The quantitative estimate of drug-likeness (QED) is 0.903. The lowest BCUT2D eigenvalue weighted by atomic mass is 10.1. The Morgan fingerprint density at radius 3 is 2.67 bits per heavy atom. The molecule has 4 heteroatoms. The third kappa shape index (κ3) is 2.16. The van der Waals surface area contributed by atoms with E-state index in [4.69, 9.17) is 0 Å². The molecule has 0 radical (unpaired) electrons. The minimum absolute atomic E-state index is 0.229. The zero-order valence-electron chi connectivity index (χ0n) is 11.2. The molecule has 0 spiro atoms. The topological polar surface area (TPSA) is 28.2 Å². The first-order valence-electron chi connectivity index (χ1n) is 5.95. The number of rotatable bonds is 3. The van der Waals surface area contributed by atoms with Gasteiger partial charge in [-0.1, -0.05) is 0 Å². The van der Waals surface area contributed by atoms with E-state index in [2.05, 4.69) is 10.3 Å². The van der Waals surface area contributed by atoms with Crippen LogP contribution in [-0.2, 0) is 6.54 Å². The van der Waals surface area contributed by atoms with E-state index in [-0.39, 0.29) is 5.82 Å². The summed E-state index contributed by atoms with van der Waals surface area (Å²) in [6.07, 6.45) is 0. The van der Waals surface area contributed by atoms with Crippen molar-refractivity contribution in [2.24, 2.45) is 0 Å². The van der Waals surface area contributed by atoms with Crippen LogP contribution in [0.1, 0.15) is 11.3 Å². The fourth-order valence-corrected chi connectivity index (χ4v) is 2.28. The molecule has 0 amide bonds. The van der Waals surface area contributed by atoms with Gasteiger partial charge in [0.15, 0.2) is 0 Å². The van der Waals surface area contributed by atoms with Crippen molar-refractivity contribution in [2.75, 3.05) is 26.0 Å². The van der Waals surface area contributed by atoms with Crippen LogP contribution in [0.5, 0.6) is 0 Å². The van der Waals surface area contributed by atoms with E-state index in [1.54, 1.807) is 12.1 Å². The summed E-state index contributed by atoms with van der Waals surface area (Å²) in [4.78, 5) is 6.60. The molecular formula is C14H18FN3. The van der Waals surface area contributed by atoms with Crippen LogP contribution >= 0.6 is 0 Å². The van der Waals surface area contributed by atoms with Crippen molar-refractivity contribution in [3.05, 3.63) is 35.3 Å². The van der Waals surface area contributed by atoms with Crippen LogP contribution < -0.4 is 10.2 Å². The van der Waals surface area contributed by atoms with Crippen LogP contribution in [0.2, 0.25) is 0 Å². The summed E-state index contributed by atoms with van der Waals surface area (Å²) in [7, 11) is 5.83. The highest BCUT2D eigenvalue weighted by Crippen LogP contribution is 2.30. The van der Waals surface area contributed by atoms with Crippen LogP contribution in [0.15, 0.2) is 18.2 Å². The molecule has 1 N–H and O–H groups in total. The van der Waals surface area contributed by atoms with E-state index in [0.29, 0.717) is 6.54 Å². The van der Waals surface area contributed by atoms with Gasteiger partial charge in [-0.05, 0) is 37.7 Å². The second-order valence-corrected chi connectivity index (χ2v) is 4.62. The predicted octanol–water partition coefficient (Wildman–Crippen LogP) is 2.47. The summed E-state index contributed by atoms with van der Waals surface area (Å²) in [5, 5.41) is 3.97. The van der Waals surface area contributed by atoms with Crippen LogP contribution in [0.25, 0.3) is 10.9 Å². The molecule has 0 saturated carbocycles. The van der Waals surface area contributed by atoms with E-state index in [9.17, 15) is 4.39 Å². The molecule has 1 aromatic heterocycles. The number of nitrogens with one attached hydrogen (secondary N) is 1. The van der Waals surface area contributed by atoms with E-state index in [1.807, 2.05) is 33.0 Å². The number of aromatic nitrogens is 1. The number of anilines is 1. The molecule has 2 aromatic rings. The summed E-state index contributed by atoms with van der Waals surface area (Å²) in [5.41, 5.74) is 3.95. The average Bonchev–Trinajstić information content (AvgIpc) is 2.30. The van der Waals surface area contributed by atoms with Gasteiger partial charge in [-0.15, -0.1) is 0 Å². The zero-order chi connectivity index (χ0) is 13.3. The Bertz CT molecular complexity index is 579. The van der Waals surface area contributed by atoms with E-state index < -0.39 is 0 Å². The van der Waals surface area contributed by atoms with Crippen molar-refractivity contribution in [3.63, 3.8) is 0 Å². The first kappa shape index (κ1) is 12.8. The Labute approximate surface area is 107 Å². The van der Waals surface area contributed by atoms with Crippen LogP contribution in [0.4, 0.5) is 10.1 Å². The molecule has 18 heavy (non-hydrogen) atoms. The fourth-order valence-electron chi connectivity index (χ4n) is 2.28. The van der Waals surface area contributed by atoms with Gasteiger partial charge in [0.05, 0.1) is 16.9 Å². The highest BCUT2D eigenvalue weighted by Gasteiger charge is 2.13. The lowest BCUT2D eigenvalue weighted by molar-refractivity contribution is 0.629. The Morgan fingerprint density at radius 1 is 1.33 bits per heavy atom. The maximum Gasteiger partial charge on any atom is 0.124 e. The highest BCUT2D eigenvalue weighted by atomic mass is 19.1. The Kier molecular flexibility index (Phi) is 3.48. The third-order valence-electron chi connectivity index (χ3n) is 3.05. The average molecular weight is 247 g/mol. The number of benzene rings is 1. The summed E-state index contributed by atoms with van der Waals surface area (Å²) >= 11 is 0. The molecule has 0 saturated heterocycles. The summed E-state index contributed by atoms with van der Waals surface area (Å²) in [6.45, 7) is 2.74. The number of pyridine rings is 1. The second kappa shape index (κ2) is 4.90. The maximum absolute atomic E-state index is 13.4. The lowest BCUT2D eigenvalue weighted by Crippen LogP contribution is -2.15. The van der Waals surface area contributed by atoms with Gasteiger partial charge in [0, 0.05) is 26.0 Å². The van der Waals surface area contributed by atoms with Gasteiger partial charge in [-0.3, -0.25) is 4.98 Å². The van der Waals surface area contributed by atoms with Gasteiger partial charge in [0.2, 0.25) is 0 Å². The lowest BCUT2D eigenvalue weighted by Gasteiger charge is -2.20. The van der Waals surface area contributed by atoms with Crippen molar-refractivity contribution < 1.29 is 4.39 Å². The predicted molar refractivity (Wildman–Crippen MR) is 73.5 cm³/mol. The SMILES string of the molecule is CNCc1nc2ccc(F)cc2c(N(C)C)c1C. The first-order valence-corrected chi connectivity index (χ1v) is 5.95. The van der Waals surface area contributed by atoms with Gasteiger partial charge in [-0.2, -0.15) is 0 Å².